The third kappa shape index (κ3) is 3.42. The van der Waals surface area contributed by atoms with Crippen molar-refractivity contribution in [2.24, 2.45) is 5.92 Å². The molecule has 3 atom stereocenters. The van der Waals surface area contributed by atoms with E-state index in [0.717, 1.165) is 19.4 Å². The summed E-state index contributed by atoms with van der Waals surface area (Å²) in [7, 11) is 0. The van der Waals surface area contributed by atoms with Gasteiger partial charge in [-0.3, -0.25) is 4.79 Å². The quantitative estimate of drug-likeness (QED) is 0.760. The zero-order chi connectivity index (χ0) is 12.1. The zero-order valence-corrected chi connectivity index (χ0v) is 10.6. The molecule has 98 valence electrons. The summed E-state index contributed by atoms with van der Waals surface area (Å²) in [6.07, 6.45) is 5.92. The fourth-order valence-corrected chi connectivity index (χ4v) is 2.74. The number of rotatable bonds is 3. The number of hydrogen-bond donors (Lipinski definition) is 1. The van der Waals surface area contributed by atoms with E-state index in [0.29, 0.717) is 19.1 Å². The van der Waals surface area contributed by atoms with Crippen molar-refractivity contribution in [1.29, 1.82) is 0 Å². The zero-order valence-electron chi connectivity index (χ0n) is 10.6. The van der Waals surface area contributed by atoms with Crippen LogP contribution in [0.15, 0.2) is 0 Å². The molecule has 3 unspecified atom stereocenters. The van der Waals surface area contributed by atoms with Crippen LogP contribution >= 0.6 is 0 Å². The van der Waals surface area contributed by atoms with Crippen molar-refractivity contribution >= 4 is 5.97 Å². The first-order valence-electron chi connectivity index (χ1n) is 6.83. The number of hydrogen-bond acceptors (Lipinski definition) is 4. The molecule has 1 saturated heterocycles. The summed E-state index contributed by atoms with van der Waals surface area (Å²) in [5, 5.41) is 3.14. The van der Waals surface area contributed by atoms with Gasteiger partial charge < -0.3 is 14.8 Å². The Morgan fingerprint density at radius 1 is 1.41 bits per heavy atom. The van der Waals surface area contributed by atoms with Gasteiger partial charge in [0, 0.05) is 6.54 Å². The van der Waals surface area contributed by atoms with Crippen LogP contribution in [0.2, 0.25) is 0 Å². The van der Waals surface area contributed by atoms with Gasteiger partial charge in [0.2, 0.25) is 0 Å². The Morgan fingerprint density at radius 3 is 2.94 bits per heavy atom. The number of ether oxygens (including phenoxy) is 2. The molecular weight excluding hydrogens is 218 g/mol. The minimum atomic E-state index is -0.261. The predicted molar refractivity (Wildman–Crippen MR) is 64.7 cm³/mol. The lowest BCUT2D eigenvalue weighted by Crippen LogP contribution is -2.48. The second kappa shape index (κ2) is 6.36. The first-order valence-corrected chi connectivity index (χ1v) is 6.83. The Kier molecular flexibility index (Phi) is 4.80. The number of nitrogens with one attached hydrogen (secondary N) is 1. The molecule has 2 fully saturated rings. The van der Waals surface area contributed by atoms with Crippen LogP contribution in [-0.2, 0) is 14.3 Å². The molecule has 2 aliphatic rings. The Morgan fingerprint density at radius 2 is 2.24 bits per heavy atom. The highest BCUT2D eigenvalue weighted by Crippen LogP contribution is 2.29. The van der Waals surface area contributed by atoms with E-state index in [4.69, 9.17) is 9.47 Å². The largest absolute Gasteiger partial charge is 0.461 e. The van der Waals surface area contributed by atoms with E-state index in [2.05, 4.69) is 12.2 Å². The van der Waals surface area contributed by atoms with E-state index in [-0.39, 0.29) is 18.1 Å². The highest BCUT2D eigenvalue weighted by atomic mass is 16.5. The van der Waals surface area contributed by atoms with Crippen molar-refractivity contribution in [2.75, 3.05) is 19.8 Å². The molecular formula is C13H23NO3. The fraction of sp³-hybridized carbons (Fsp3) is 0.923. The fourth-order valence-electron chi connectivity index (χ4n) is 2.74. The first kappa shape index (κ1) is 12.8. The van der Waals surface area contributed by atoms with Crippen LogP contribution in [0.3, 0.4) is 0 Å². The van der Waals surface area contributed by atoms with Gasteiger partial charge >= 0.3 is 5.97 Å². The molecule has 1 aliphatic carbocycles. The Hall–Kier alpha value is -0.610. The van der Waals surface area contributed by atoms with Crippen LogP contribution < -0.4 is 5.32 Å². The molecule has 0 aromatic heterocycles. The molecule has 0 spiro atoms. The minimum Gasteiger partial charge on any atom is -0.461 e. The van der Waals surface area contributed by atoms with Crippen molar-refractivity contribution in [2.45, 2.75) is 51.2 Å². The summed E-state index contributed by atoms with van der Waals surface area (Å²) in [4.78, 5) is 12.0. The summed E-state index contributed by atoms with van der Waals surface area (Å²) >= 11 is 0. The molecule has 4 nitrogen and oxygen atoms in total. The summed E-state index contributed by atoms with van der Waals surface area (Å²) in [6.45, 7) is 4.05. The second-order valence-corrected chi connectivity index (χ2v) is 5.01. The van der Waals surface area contributed by atoms with E-state index in [9.17, 15) is 4.79 Å². The van der Waals surface area contributed by atoms with E-state index >= 15 is 0 Å². The van der Waals surface area contributed by atoms with Crippen LogP contribution in [0, 0.1) is 5.92 Å². The maximum Gasteiger partial charge on any atom is 0.325 e. The lowest BCUT2D eigenvalue weighted by molar-refractivity contribution is -0.159. The maximum atomic E-state index is 12.0. The van der Waals surface area contributed by atoms with E-state index in [1.807, 2.05) is 0 Å². The summed E-state index contributed by atoms with van der Waals surface area (Å²) < 4.78 is 10.9. The van der Waals surface area contributed by atoms with Gasteiger partial charge in [-0.25, -0.2) is 0 Å². The van der Waals surface area contributed by atoms with Gasteiger partial charge in [-0.05, 0) is 31.6 Å². The van der Waals surface area contributed by atoms with Crippen molar-refractivity contribution in [3.8, 4) is 0 Å². The van der Waals surface area contributed by atoms with Crippen LogP contribution in [-0.4, -0.2) is 37.9 Å². The van der Waals surface area contributed by atoms with Gasteiger partial charge in [-0.15, -0.1) is 0 Å². The molecule has 0 aromatic carbocycles. The topological polar surface area (TPSA) is 47.6 Å². The maximum absolute atomic E-state index is 12.0. The third-order valence-electron chi connectivity index (χ3n) is 3.84. The SMILES string of the molecule is CCC1CCCCC1OC(=O)C1COCCN1. The van der Waals surface area contributed by atoms with E-state index in [1.165, 1.54) is 19.3 Å². The minimum absolute atomic E-state index is 0.130. The average Bonchev–Trinajstić information content (AvgIpc) is 2.40. The normalized spacial score (nSPS) is 34.3. The number of morpholine rings is 1. The van der Waals surface area contributed by atoms with Crippen LogP contribution in [0.25, 0.3) is 0 Å². The molecule has 4 heteroatoms. The van der Waals surface area contributed by atoms with Gasteiger partial charge in [-0.2, -0.15) is 0 Å². The Labute approximate surface area is 103 Å². The van der Waals surface area contributed by atoms with E-state index < -0.39 is 0 Å². The standard InChI is InChI=1S/C13H23NO3/c1-2-10-5-3-4-6-12(10)17-13(15)11-9-16-8-7-14-11/h10-12,14H,2-9H2,1H3. The molecule has 1 saturated carbocycles. The molecule has 1 N–H and O–H groups in total. The van der Waals surface area contributed by atoms with Gasteiger partial charge in [0.25, 0.3) is 0 Å². The van der Waals surface area contributed by atoms with Crippen LogP contribution in [0.4, 0.5) is 0 Å². The molecule has 0 amide bonds. The van der Waals surface area contributed by atoms with Crippen molar-refractivity contribution in [1.82, 2.24) is 5.32 Å². The molecule has 1 heterocycles. The van der Waals surface area contributed by atoms with Gasteiger partial charge in [0.15, 0.2) is 0 Å². The van der Waals surface area contributed by atoms with Gasteiger partial charge in [-0.1, -0.05) is 13.3 Å². The number of esters is 1. The van der Waals surface area contributed by atoms with Crippen LogP contribution in [0.5, 0.6) is 0 Å². The summed E-state index contributed by atoms with van der Waals surface area (Å²) in [5.74, 6) is 0.423. The molecule has 1 aliphatic heterocycles. The van der Waals surface area contributed by atoms with Crippen molar-refractivity contribution in [3.63, 3.8) is 0 Å². The third-order valence-corrected chi connectivity index (χ3v) is 3.84. The van der Waals surface area contributed by atoms with Crippen molar-refractivity contribution in [3.05, 3.63) is 0 Å². The lowest BCUT2D eigenvalue weighted by Gasteiger charge is -2.32. The first-order chi connectivity index (χ1) is 8.31. The molecule has 0 radical (unpaired) electrons. The Balaban J connectivity index is 1.83. The Bertz CT molecular complexity index is 251. The molecule has 17 heavy (non-hydrogen) atoms. The monoisotopic (exact) mass is 241 g/mol. The molecule has 2 rings (SSSR count). The highest BCUT2D eigenvalue weighted by Gasteiger charge is 2.30. The number of carbonyl (C=O) groups excluding carboxylic acids is 1. The smallest absolute Gasteiger partial charge is 0.325 e. The average molecular weight is 241 g/mol. The van der Waals surface area contributed by atoms with E-state index in [1.54, 1.807) is 0 Å². The predicted octanol–water partition coefficient (Wildman–Crippen LogP) is 1.49. The molecule has 0 aromatic rings. The van der Waals surface area contributed by atoms with Gasteiger partial charge in [0.05, 0.1) is 13.2 Å². The highest BCUT2D eigenvalue weighted by molar-refractivity contribution is 5.76. The second-order valence-electron chi connectivity index (χ2n) is 5.01. The molecule has 0 bridgehead atoms. The van der Waals surface area contributed by atoms with Gasteiger partial charge in [0.1, 0.15) is 12.1 Å². The number of carbonyl (C=O) groups is 1. The summed E-state index contributed by atoms with van der Waals surface area (Å²) in [6, 6.07) is -0.261. The lowest BCUT2D eigenvalue weighted by atomic mass is 9.85. The summed E-state index contributed by atoms with van der Waals surface area (Å²) in [5.41, 5.74) is 0. The van der Waals surface area contributed by atoms with Crippen LogP contribution in [0.1, 0.15) is 39.0 Å². The van der Waals surface area contributed by atoms with Crippen molar-refractivity contribution < 1.29 is 14.3 Å².